The Morgan fingerprint density at radius 1 is 1.11 bits per heavy atom. The molecule has 0 unspecified atom stereocenters. The molecule has 0 heterocycles. The van der Waals surface area contributed by atoms with E-state index in [-0.39, 0.29) is 35.9 Å². The van der Waals surface area contributed by atoms with Gasteiger partial charge in [-0.1, -0.05) is 79.6 Å². The highest BCUT2D eigenvalue weighted by Gasteiger charge is 2.38. The lowest BCUT2D eigenvalue weighted by Crippen LogP contribution is -2.43. The largest absolute Gasteiger partial charge is 0.493 e. The van der Waals surface area contributed by atoms with E-state index in [4.69, 9.17) is 18.6 Å². The van der Waals surface area contributed by atoms with Crippen LogP contribution >= 0.6 is 15.9 Å². The molecule has 1 N–H and O–H groups in total. The van der Waals surface area contributed by atoms with Crippen LogP contribution in [0.2, 0.25) is 18.1 Å². The topological polar surface area (TPSA) is 74.2 Å². The van der Waals surface area contributed by atoms with E-state index in [1.165, 1.54) is 0 Å². The zero-order valence-corrected chi connectivity index (χ0v) is 27.1. The summed E-state index contributed by atoms with van der Waals surface area (Å²) in [7, 11) is 1.20. The normalized spacial score (nSPS) is 15.6. The third-order valence-electron chi connectivity index (χ3n) is 6.81. The van der Waals surface area contributed by atoms with Crippen LogP contribution in [0.15, 0.2) is 53.1 Å². The van der Waals surface area contributed by atoms with Crippen LogP contribution in [0, 0.1) is 5.92 Å². The first-order chi connectivity index (χ1) is 17.7. The smallest absolute Gasteiger partial charge is 0.192 e. The second-order valence-electron chi connectivity index (χ2n) is 11.2. The molecule has 0 aromatic heterocycles. The van der Waals surface area contributed by atoms with Crippen molar-refractivity contribution in [1.82, 2.24) is 0 Å². The lowest BCUT2D eigenvalue weighted by atomic mass is 9.99. The van der Waals surface area contributed by atoms with Crippen molar-refractivity contribution >= 4 is 30.0 Å². The van der Waals surface area contributed by atoms with E-state index in [1.807, 2.05) is 50.3 Å². The lowest BCUT2D eigenvalue weighted by Gasteiger charge is -2.38. The van der Waals surface area contributed by atoms with E-state index in [2.05, 4.69) is 49.8 Å². The SMILES string of the molecule is COc1ccc(COC[C@@H](C)C(=O)C[C@H](O)/C=C(\C)C[C@H](/C=C/C=C/Br)O[Si](C)(C)C(C)(C)C)cc1OC. The molecule has 38 heavy (non-hydrogen) atoms. The number of allylic oxidation sites excluding steroid dienone is 2. The number of carbonyl (C=O) groups excluding carboxylic acids is 1. The second kappa shape index (κ2) is 16.4. The summed E-state index contributed by atoms with van der Waals surface area (Å²) in [4.78, 5) is 14.5. The van der Waals surface area contributed by atoms with Crippen LogP contribution in [-0.2, 0) is 20.6 Å². The Balaban J connectivity index is 2.68. The summed E-state index contributed by atoms with van der Waals surface area (Å²) in [5.41, 5.74) is 1.91. The van der Waals surface area contributed by atoms with Gasteiger partial charge >= 0.3 is 0 Å². The van der Waals surface area contributed by atoms with Crippen molar-refractivity contribution in [2.24, 2.45) is 5.92 Å². The molecule has 8 heteroatoms. The number of halogens is 1. The molecule has 0 amide bonds. The summed E-state index contributed by atoms with van der Waals surface area (Å²) in [5.74, 6) is 0.925. The molecule has 0 aliphatic rings. The van der Waals surface area contributed by atoms with Crippen LogP contribution in [-0.4, -0.2) is 52.2 Å². The highest BCUT2D eigenvalue weighted by atomic mass is 79.9. The Morgan fingerprint density at radius 2 is 1.76 bits per heavy atom. The molecule has 0 aliphatic heterocycles. The second-order valence-corrected chi connectivity index (χ2v) is 16.5. The van der Waals surface area contributed by atoms with Crippen molar-refractivity contribution in [3.63, 3.8) is 0 Å². The summed E-state index contributed by atoms with van der Waals surface area (Å²) in [6.07, 6.45) is 7.42. The number of aliphatic hydroxyl groups is 1. The van der Waals surface area contributed by atoms with E-state index >= 15 is 0 Å². The van der Waals surface area contributed by atoms with E-state index in [0.29, 0.717) is 24.5 Å². The Hall–Kier alpha value is -1.71. The third kappa shape index (κ3) is 12.0. The minimum atomic E-state index is -1.98. The number of benzene rings is 1. The first kappa shape index (κ1) is 34.3. The number of hydrogen-bond acceptors (Lipinski definition) is 6. The van der Waals surface area contributed by atoms with Crippen molar-refractivity contribution < 1.29 is 28.5 Å². The summed E-state index contributed by atoms with van der Waals surface area (Å²) in [6, 6.07) is 5.59. The molecule has 0 radical (unpaired) electrons. The maximum absolute atomic E-state index is 12.7. The minimum Gasteiger partial charge on any atom is -0.493 e. The van der Waals surface area contributed by atoms with Gasteiger partial charge in [-0.05, 0) is 54.2 Å². The van der Waals surface area contributed by atoms with Crippen molar-refractivity contribution in [2.45, 2.75) is 84.4 Å². The van der Waals surface area contributed by atoms with Gasteiger partial charge < -0.3 is 23.7 Å². The van der Waals surface area contributed by atoms with Gasteiger partial charge in [-0.3, -0.25) is 4.79 Å². The average Bonchev–Trinajstić information content (AvgIpc) is 2.82. The Bertz CT molecular complexity index is 964. The molecule has 0 fully saturated rings. The zero-order valence-electron chi connectivity index (χ0n) is 24.5. The average molecular weight is 612 g/mol. The number of methoxy groups -OCH3 is 2. The fourth-order valence-corrected chi connectivity index (χ4v) is 4.98. The van der Waals surface area contributed by atoms with Crippen LogP contribution in [0.3, 0.4) is 0 Å². The van der Waals surface area contributed by atoms with Crippen LogP contribution < -0.4 is 9.47 Å². The molecular weight excluding hydrogens is 564 g/mol. The summed E-state index contributed by atoms with van der Waals surface area (Å²) >= 11 is 3.29. The molecule has 1 rings (SSSR count). The van der Waals surface area contributed by atoms with Gasteiger partial charge in [-0.15, -0.1) is 0 Å². The molecule has 0 aliphatic carbocycles. The van der Waals surface area contributed by atoms with Gasteiger partial charge in [0, 0.05) is 12.3 Å². The number of Topliss-reactive ketones (excluding diaryl/α,β-unsaturated/α-hetero) is 1. The van der Waals surface area contributed by atoms with Gasteiger partial charge in [-0.2, -0.15) is 0 Å². The van der Waals surface area contributed by atoms with Gasteiger partial charge in [-0.25, -0.2) is 0 Å². The molecule has 3 atom stereocenters. The Morgan fingerprint density at radius 3 is 2.34 bits per heavy atom. The van der Waals surface area contributed by atoms with Gasteiger partial charge in [0.2, 0.25) is 0 Å². The van der Waals surface area contributed by atoms with Crippen molar-refractivity contribution in [1.29, 1.82) is 0 Å². The first-order valence-corrected chi connectivity index (χ1v) is 16.8. The maximum atomic E-state index is 12.7. The van der Waals surface area contributed by atoms with Crippen molar-refractivity contribution in [3.8, 4) is 11.5 Å². The van der Waals surface area contributed by atoms with E-state index in [1.54, 1.807) is 25.3 Å². The fourth-order valence-electron chi connectivity index (χ4n) is 3.53. The molecule has 0 saturated carbocycles. The van der Waals surface area contributed by atoms with Gasteiger partial charge in [0.05, 0.1) is 39.6 Å². The number of carbonyl (C=O) groups is 1. The van der Waals surface area contributed by atoms with Crippen LogP contribution in [0.1, 0.15) is 53.0 Å². The minimum absolute atomic E-state index is 0.0368. The Labute approximate surface area is 239 Å². The molecule has 1 aromatic rings. The molecular formula is C30H47BrO6Si. The van der Waals surface area contributed by atoms with Crippen LogP contribution in [0.5, 0.6) is 11.5 Å². The number of rotatable bonds is 16. The fraction of sp³-hybridized carbons (Fsp3) is 0.567. The molecule has 0 spiro atoms. The summed E-state index contributed by atoms with van der Waals surface area (Å²) in [6.45, 7) is 15.5. The third-order valence-corrected chi connectivity index (χ3v) is 11.6. The quantitative estimate of drug-likeness (QED) is 0.120. The van der Waals surface area contributed by atoms with Gasteiger partial charge in [0.25, 0.3) is 0 Å². The molecule has 6 nitrogen and oxygen atoms in total. The van der Waals surface area contributed by atoms with Crippen LogP contribution in [0.25, 0.3) is 0 Å². The predicted octanol–water partition coefficient (Wildman–Crippen LogP) is 7.37. The number of hydrogen-bond donors (Lipinski definition) is 1. The predicted molar refractivity (Wildman–Crippen MR) is 162 cm³/mol. The molecule has 0 saturated heterocycles. The van der Waals surface area contributed by atoms with Crippen LogP contribution in [0.4, 0.5) is 0 Å². The molecule has 1 aromatic carbocycles. The number of ketones is 1. The van der Waals surface area contributed by atoms with E-state index < -0.39 is 14.4 Å². The molecule has 214 valence electrons. The van der Waals surface area contributed by atoms with Crippen molar-refractivity contribution in [3.05, 3.63) is 58.6 Å². The van der Waals surface area contributed by atoms with E-state index in [9.17, 15) is 9.90 Å². The number of aliphatic hydroxyl groups excluding tert-OH is 1. The number of ether oxygens (including phenoxy) is 3. The highest BCUT2D eigenvalue weighted by molar-refractivity contribution is 9.11. The summed E-state index contributed by atoms with van der Waals surface area (Å²) in [5, 5.41) is 10.7. The first-order valence-electron chi connectivity index (χ1n) is 13.0. The van der Waals surface area contributed by atoms with E-state index in [0.717, 1.165) is 11.1 Å². The lowest BCUT2D eigenvalue weighted by molar-refractivity contribution is -0.125. The van der Waals surface area contributed by atoms with Gasteiger partial charge in [0.15, 0.2) is 19.8 Å². The highest BCUT2D eigenvalue weighted by Crippen LogP contribution is 2.38. The molecule has 0 bridgehead atoms. The van der Waals surface area contributed by atoms with Gasteiger partial charge in [0.1, 0.15) is 5.78 Å². The zero-order chi connectivity index (χ0) is 28.9. The monoisotopic (exact) mass is 610 g/mol. The Kier molecular flexibility index (Phi) is 14.8. The standard InChI is InChI=1S/C30H47BrO6Si/c1-22(17-26(12-10-11-15-31)37-38(8,9)30(3,4)5)16-25(32)19-27(33)23(2)20-36-21-24-13-14-28(34-6)29(18-24)35-7/h10-16,18,23,25-26,32H,17,19-21H2,1-9H3/b12-10+,15-11+,22-16+/t23-,25-,26+/m1/s1. The summed E-state index contributed by atoms with van der Waals surface area (Å²) < 4.78 is 23.0. The maximum Gasteiger partial charge on any atom is 0.192 e. The van der Waals surface area contributed by atoms with Crippen molar-refractivity contribution in [2.75, 3.05) is 20.8 Å².